The molecule has 0 bridgehead atoms. The van der Waals surface area contributed by atoms with Crippen LogP contribution in [0, 0.1) is 5.41 Å². The molecule has 1 aliphatic carbocycles. The van der Waals surface area contributed by atoms with E-state index in [-0.39, 0.29) is 5.41 Å². The minimum absolute atomic E-state index is 0.278. The van der Waals surface area contributed by atoms with Gasteiger partial charge in [-0.25, -0.2) is 0 Å². The van der Waals surface area contributed by atoms with E-state index in [2.05, 4.69) is 15.9 Å². The number of carbonyl (C=O) groups is 1. The molecule has 1 aromatic carbocycles. The molecule has 3 fully saturated rings. The first-order chi connectivity index (χ1) is 11.6. The van der Waals surface area contributed by atoms with Crippen LogP contribution in [-0.2, 0) is 11.3 Å². The summed E-state index contributed by atoms with van der Waals surface area (Å²) in [6, 6.07) is 6.41. The standard InChI is InChI=1S/C19H24Cl2N2O/c20-16-4-1-3-14(18(16)21)11-22-10-2-8-19(12-22)9-7-17(24)23(13-19)15-5-6-15/h1,3-4,15H,2,5-13H2. The number of hydrogen-bond acceptors (Lipinski definition) is 2. The number of hydrogen-bond donors (Lipinski definition) is 0. The van der Waals surface area contributed by atoms with E-state index in [1.807, 2.05) is 12.1 Å². The zero-order valence-electron chi connectivity index (χ0n) is 13.9. The molecule has 4 rings (SSSR count). The van der Waals surface area contributed by atoms with Gasteiger partial charge in [-0.2, -0.15) is 0 Å². The van der Waals surface area contributed by atoms with Gasteiger partial charge in [0.05, 0.1) is 10.0 Å². The monoisotopic (exact) mass is 366 g/mol. The Morgan fingerprint density at radius 3 is 2.79 bits per heavy atom. The van der Waals surface area contributed by atoms with Crippen LogP contribution in [0.4, 0.5) is 0 Å². The molecule has 1 saturated carbocycles. The Balaban J connectivity index is 1.47. The maximum absolute atomic E-state index is 12.2. The topological polar surface area (TPSA) is 23.6 Å². The molecule has 1 aromatic rings. The molecule has 0 radical (unpaired) electrons. The number of rotatable bonds is 3. The predicted octanol–water partition coefficient (Wildman–Crippen LogP) is 4.36. The van der Waals surface area contributed by atoms with E-state index in [0.717, 1.165) is 44.6 Å². The summed E-state index contributed by atoms with van der Waals surface area (Å²) in [5.41, 5.74) is 1.38. The van der Waals surface area contributed by atoms with Crippen LogP contribution in [0.3, 0.4) is 0 Å². The SMILES string of the molecule is O=C1CCC2(CCCN(Cc3cccc(Cl)c3Cl)C2)CN1C1CC1. The van der Waals surface area contributed by atoms with Crippen LogP contribution >= 0.6 is 23.2 Å². The van der Waals surface area contributed by atoms with Crippen molar-refractivity contribution in [2.24, 2.45) is 5.41 Å². The average molecular weight is 367 g/mol. The van der Waals surface area contributed by atoms with Crippen LogP contribution in [0.1, 0.15) is 44.1 Å². The predicted molar refractivity (Wildman–Crippen MR) is 97.4 cm³/mol. The molecule has 3 aliphatic rings. The molecule has 2 saturated heterocycles. The van der Waals surface area contributed by atoms with Crippen molar-refractivity contribution in [3.8, 4) is 0 Å². The first kappa shape index (κ1) is 16.7. The zero-order chi connectivity index (χ0) is 16.7. The van der Waals surface area contributed by atoms with Gasteiger partial charge in [0.1, 0.15) is 0 Å². The van der Waals surface area contributed by atoms with E-state index >= 15 is 0 Å². The van der Waals surface area contributed by atoms with Crippen molar-refractivity contribution < 1.29 is 4.79 Å². The average Bonchev–Trinajstić information content (AvgIpc) is 3.40. The third kappa shape index (κ3) is 3.31. The lowest BCUT2D eigenvalue weighted by Crippen LogP contribution is -2.54. The number of amides is 1. The Morgan fingerprint density at radius 2 is 2.00 bits per heavy atom. The maximum atomic E-state index is 12.2. The van der Waals surface area contributed by atoms with Gasteiger partial charge in [-0.05, 0) is 50.3 Å². The number of nitrogens with zero attached hydrogens (tertiary/aromatic N) is 2. The number of halogens is 2. The number of likely N-dealkylation sites (tertiary alicyclic amines) is 2. The Kier molecular flexibility index (Phi) is 4.53. The van der Waals surface area contributed by atoms with Crippen LogP contribution in [0.2, 0.25) is 10.0 Å². The Labute approximate surface area is 153 Å². The smallest absolute Gasteiger partial charge is 0.222 e. The molecule has 130 valence electrons. The second kappa shape index (κ2) is 6.51. The Bertz CT molecular complexity index is 646. The van der Waals surface area contributed by atoms with E-state index in [0.29, 0.717) is 22.0 Å². The molecule has 3 nitrogen and oxygen atoms in total. The van der Waals surface area contributed by atoms with Crippen molar-refractivity contribution >= 4 is 29.1 Å². The van der Waals surface area contributed by atoms with E-state index in [9.17, 15) is 4.79 Å². The molecule has 5 heteroatoms. The minimum atomic E-state index is 0.278. The second-order valence-corrected chi connectivity index (χ2v) is 8.57. The number of benzene rings is 1. The second-order valence-electron chi connectivity index (χ2n) is 7.78. The van der Waals surface area contributed by atoms with Crippen LogP contribution in [0.5, 0.6) is 0 Å². The normalized spacial score (nSPS) is 28.6. The van der Waals surface area contributed by atoms with Crippen molar-refractivity contribution in [2.75, 3.05) is 19.6 Å². The van der Waals surface area contributed by atoms with Gasteiger partial charge in [0.25, 0.3) is 0 Å². The van der Waals surface area contributed by atoms with Crippen molar-refractivity contribution in [3.05, 3.63) is 33.8 Å². The van der Waals surface area contributed by atoms with Gasteiger partial charge in [-0.15, -0.1) is 0 Å². The summed E-state index contributed by atoms with van der Waals surface area (Å²) in [5, 5.41) is 1.31. The highest BCUT2D eigenvalue weighted by atomic mass is 35.5. The summed E-state index contributed by atoms with van der Waals surface area (Å²) < 4.78 is 0. The van der Waals surface area contributed by atoms with E-state index in [1.54, 1.807) is 0 Å². The molecule has 2 heterocycles. The summed E-state index contributed by atoms with van der Waals surface area (Å²) >= 11 is 12.5. The first-order valence-corrected chi connectivity index (χ1v) is 9.77. The van der Waals surface area contributed by atoms with Gasteiger partial charge in [-0.1, -0.05) is 35.3 Å². The third-order valence-corrected chi connectivity index (χ3v) is 6.71. The molecule has 0 N–H and O–H groups in total. The minimum Gasteiger partial charge on any atom is -0.339 e. The molecule has 2 aliphatic heterocycles. The summed E-state index contributed by atoms with van der Waals surface area (Å²) in [5.74, 6) is 0.373. The van der Waals surface area contributed by atoms with E-state index < -0.39 is 0 Å². The van der Waals surface area contributed by atoms with Gasteiger partial charge in [0, 0.05) is 37.5 Å². The van der Waals surface area contributed by atoms with Gasteiger partial charge in [0.15, 0.2) is 0 Å². The molecule has 1 amide bonds. The van der Waals surface area contributed by atoms with Gasteiger partial charge in [0.2, 0.25) is 5.91 Å². The number of piperidine rings is 2. The Hall–Kier alpha value is -0.770. The lowest BCUT2D eigenvalue weighted by molar-refractivity contribution is -0.140. The summed E-state index contributed by atoms with van der Waals surface area (Å²) in [6.45, 7) is 3.96. The summed E-state index contributed by atoms with van der Waals surface area (Å²) in [4.78, 5) is 16.9. The van der Waals surface area contributed by atoms with Gasteiger partial charge in [-0.3, -0.25) is 9.69 Å². The summed E-state index contributed by atoms with van der Waals surface area (Å²) in [7, 11) is 0. The molecule has 1 unspecified atom stereocenters. The zero-order valence-corrected chi connectivity index (χ0v) is 15.5. The lowest BCUT2D eigenvalue weighted by atomic mass is 9.73. The van der Waals surface area contributed by atoms with E-state index in [1.165, 1.54) is 25.7 Å². The van der Waals surface area contributed by atoms with Crippen LogP contribution in [0.25, 0.3) is 0 Å². The number of carbonyl (C=O) groups excluding carboxylic acids is 1. The third-order valence-electron chi connectivity index (χ3n) is 5.85. The fourth-order valence-corrected chi connectivity index (χ4v) is 4.83. The van der Waals surface area contributed by atoms with Crippen molar-refractivity contribution in [1.82, 2.24) is 9.80 Å². The maximum Gasteiger partial charge on any atom is 0.222 e. The van der Waals surface area contributed by atoms with Crippen LogP contribution < -0.4 is 0 Å². The van der Waals surface area contributed by atoms with Crippen molar-refractivity contribution in [1.29, 1.82) is 0 Å². The van der Waals surface area contributed by atoms with Gasteiger partial charge >= 0.3 is 0 Å². The quantitative estimate of drug-likeness (QED) is 0.793. The Morgan fingerprint density at radius 1 is 1.17 bits per heavy atom. The molecular formula is C19H24Cl2N2O. The highest BCUT2D eigenvalue weighted by Gasteiger charge is 2.45. The molecule has 1 atom stereocenters. The molecule has 1 spiro atoms. The van der Waals surface area contributed by atoms with E-state index in [4.69, 9.17) is 23.2 Å². The van der Waals surface area contributed by atoms with Crippen LogP contribution in [0.15, 0.2) is 18.2 Å². The largest absolute Gasteiger partial charge is 0.339 e. The first-order valence-electron chi connectivity index (χ1n) is 9.01. The van der Waals surface area contributed by atoms with Gasteiger partial charge < -0.3 is 4.90 Å². The van der Waals surface area contributed by atoms with Crippen molar-refractivity contribution in [3.63, 3.8) is 0 Å². The lowest BCUT2D eigenvalue weighted by Gasteiger charge is -2.48. The fraction of sp³-hybridized carbons (Fsp3) is 0.632. The molecule has 0 aromatic heterocycles. The molecular weight excluding hydrogens is 343 g/mol. The van der Waals surface area contributed by atoms with Crippen molar-refractivity contribution in [2.45, 2.75) is 51.1 Å². The fourth-order valence-electron chi connectivity index (χ4n) is 4.45. The highest BCUT2D eigenvalue weighted by molar-refractivity contribution is 6.42. The summed E-state index contributed by atoms with van der Waals surface area (Å²) in [6.07, 6.45) is 6.60. The molecule has 24 heavy (non-hydrogen) atoms. The highest BCUT2D eigenvalue weighted by Crippen LogP contribution is 2.42. The van der Waals surface area contributed by atoms with Crippen LogP contribution in [-0.4, -0.2) is 41.4 Å².